The van der Waals surface area contributed by atoms with Gasteiger partial charge < -0.3 is 4.42 Å². The molecule has 1 aromatic carbocycles. The topological polar surface area (TPSA) is 26.0 Å². The minimum atomic E-state index is -0.269. The van der Waals surface area contributed by atoms with Crippen LogP contribution in [0.1, 0.15) is 0 Å². The number of rotatable bonds is 1. The van der Waals surface area contributed by atoms with E-state index in [1.807, 2.05) is 0 Å². The molecule has 0 spiro atoms. The van der Waals surface area contributed by atoms with Crippen molar-refractivity contribution in [2.24, 2.45) is 0 Å². The molecule has 1 radical (unpaired) electrons. The van der Waals surface area contributed by atoms with Crippen molar-refractivity contribution in [2.45, 2.75) is 0 Å². The smallest absolute Gasteiger partial charge is 0.226 e. The standard InChI is InChI=1S/C9H5FNO/c10-8-3-1-7(2-4-8)9-11-5-6-12-9/h1-4,6H. The van der Waals surface area contributed by atoms with Crippen molar-refractivity contribution in [1.29, 1.82) is 0 Å². The molecule has 0 fully saturated rings. The second-order valence-corrected chi connectivity index (χ2v) is 2.29. The highest BCUT2D eigenvalue weighted by molar-refractivity contribution is 5.52. The third kappa shape index (κ3) is 1.21. The highest BCUT2D eigenvalue weighted by atomic mass is 19.1. The number of benzene rings is 1. The summed E-state index contributed by atoms with van der Waals surface area (Å²) in [6, 6.07) is 5.93. The van der Waals surface area contributed by atoms with Crippen LogP contribution in [0.15, 0.2) is 34.9 Å². The molecule has 0 unspecified atom stereocenters. The Morgan fingerprint density at radius 2 is 2.00 bits per heavy atom. The summed E-state index contributed by atoms with van der Waals surface area (Å²) in [5.41, 5.74) is 0.748. The molecule has 0 amide bonds. The second-order valence-electron chi connectivity index (χ2n) is 2.29. The molecule has 59 valence electrons. The molecule has 0 N–H and O–H groups in total. The lowest BCUT2D eigenvalue weighted by atomic mass is 10.2. The van der Waals surface area contributed by atoms with E-state index in [-0.39, 0.29) is 5.82 Å². The predicted octanol–water partition coefficient (Wildman–Crippen LogP) is 2.28. The highest BCUT2D eigenvalue weighted by Crippen LogP contribution is 2.16. The largest absolute Gasteiger partial charge is 0.444 e. The van der Waals surface area contributed by atoms with Crippen LogP contribution < -0.4 is 0 Å². The van der Waals surface area contributed by atoms with Crippen LogP contribution in [-0.2, 0) is 0 Å². The van der Waals surface area contributed by atoms with Gasteiger partial charge in [-0.2, -0.15) is 0 Å². The first-order chi connectivity index (χ1) is 5.86. The number of nitrogens with zero attached hydrogens (tertiary/aromatic N) is 1. The molecule has 0 aliphatic carbocycles. The van der Waals surface area contributed by atoms with E-state index in [0.29, 0.717) is 5.89 Å². The molecule has 2 nitrogen and oxygen atoms in total. The van der Waals surface area contributed by atoms with Gasteiger partial charge in [0.05, 0.1) is 0 Å². The first kappa shape index (κ1) is 7.03. The summed E-state index contributed by atoms with van der Waals surface area (Å²) in [7, 11) is 0. The molecule has 2 rings (SSSR count). The molecule has 1 heterocycles. The minimum absolute atomic E-state index is 0.269. The molecule has 0 bridgehead atoms. The summed E-state index contributed by atoms with van der Waals surface area (Å²) in [6.45, 7) is 0. The van der Waals surface area contributed by atoms with Crippen molar-refractivity contribution in [3.63, 3.8) is 0 Å². The maximum Gasteiger partial charge on any atom is 0.226 e. The average Bonchev–Trinajstić information content (AvgIpc) is 2.58. The summed E-state index contributed by atoms with van der Waals surface area (Å²) in [4.78, 5) is 3.80. The molecule has 0 saturated carbocycles. The number of halogens is 1. The Morgan fingerprint density at radius 1 is 1.25 bits per heavy atom. The molecular weight excluding hydrogens is 157 g/mol. The van der Waals surface area contributed by atoms with E-state index >= 15 is 0 Å². The van der Waals surface area contributed by atoms with Gasteiger partial charge in [-0.3, -0.25) is 0 Å². The summed E-state index contributed by atoms with van der Waals surface area (Å²) >= 11 is 0. The van der Waals surface area contributed by atoms with Gasteiger partial charge in [-0.15, -0.1) is 0 Å². The van der Waals surface area contributed by atoms with E-state index in [9.17, 15) is 4.39 Å². The molecule has 0 atom stereocenters. The van der Waals surface area contributed by atoms with Crippen molar-refractivity contribution in [1.82, 2.24) is 4.98 Å². The molecule has 0 aliphatic rings. The number of hydrogen-bond donors (Lipinski definition) is 0. The van der Waals surface area contributed by atoms with Crippen molar-refractivity contribution >= 4 is 0 Å². The van der Waals surface area contributed by atoms with Gasteiger partial charge in [0.15, 0.2) is 0 Å². The number of hydrogen-bond acceptors (Lipinski definition) is 2. The third-order valence-electron chi connectivity index (χ3n) is 1.48. The molecule has 1 aromatic heterocycles. The van der Waals surface area contributed by atoms with E-state index in [4.69, 9.17) is 4.42 Å². The van der Waals surface area contributed by atoms with Gasteiger partial charge in [-0.05, 0) is 24.3 Å². The van der Waals surface area contributed by atoms with Crippen LogP contribution in [0.4, 0.5) is 4.39 Å². The van der Waals surface area contributed by atoms with Gasteiger partial charge in [0.2, 0.25) is 5.89 Å². The highest BCUT2D eigenvalue weighted by Gasteiger charge is 2.00. The fourth-order valence-electron chi connectivity index (χ4n) is 0.919. The van der Waals surface area contributed by atoms with Crippen LogP contribution >= 0.6 is 0 Å². The first-order valence-electron chi connectivity index (χ1n) is 3.44. The van der Waals surface area contributed by atoms with E-state index < -0.39 is 0 Å². The maximum atomic E-state index is 12.5. The molecule has 0 saturated heterocycles. The van der Waals surface area contributed by atoms with Gasteiger partial charge in [0, 0.05) is 5.56 Å². The van der Waals surface area contributed by atoms with Crippen molar-refractivity contribution in [3.8, 4) is 11.5 Å². The lowest BCUT2D eigenvalue weighted by Crippen LogP contribution is -1.77. The van der Waals surface area contributed by atoms with Crippen LogP contribution in [0, 0.1) is 12.0 Å². The third-order valence-corrected chi connectivity index (χ3v) is 1.48. The lowest BCUT2D eigenvalue weighted by molar-refractivity contribution is 0.573. The second kappa shape index (κ2) is 2.77. The van der Waals surface area contributed by atoms with Crippen molar-refractivity contribution < 1.29 is 8.81 Å². The maximum absolute atomic E-state index is 12.5. The normalized spacial score (nSPS) is 10.1. The van der Waals surface area contributed by atoms with Gasteiger partial charge >= 0.3 is 0 Å². The number of aromatic nitrogens is 1. The van der Waals surface area contributed by atoms with Crippen LogP contribution in [0.25, 0.3) is 11.5 Å². The Morgan fingerprint density at radius 3 is 2.58 bits per heavy atom. The predicted molar refractivity (Wildman–Crippen MR) is 40.7 cm³/mol. The first-order valence-corrected chi connectivity index (χ1v) is 3.44. The summed E-state index contributed by atoms with van der Waals surface area (Å²) in [5, 5.41) is 0. The van der Waals surface area contributed by atoms with Gasteiger partial charge in [0.1, 0.15) is 18.3 Å². The Hall–Kier alpha value is -1.64. The number of oxazole rings is 1. The lowest BCUT2D eigenvalue weighted by Gasteiger charge is -1.92. The Kier molecular flexibility index (Phi) is 1.63. The van der Waals surface area contributed by atoms with E-state index in [0.717, 1.165) is 5.56 Å². The van der Waals surface area contributed by atoms with E-state index in [1.165, 1.54) is 18.4 Å². The monoisotopic (exact) mass is 162 g/mol. The summed E-state index contributed by atoms with van der Waals surface area (Å²) in [6.07, 6.45) is 3.89. The zero-order chi connectivity index (χ0) is 8.39. The van der Waals surface area contributed by atoms with Crippen molar-refractivity contribution in [2.75, 3.05) is 0 Å². The Balaban J connectivity index is 2.43. The fourth-order valence-corrected chi connectivity index (χ4v) is 0.919. The van der Waals surface area contributed by atoms with Crippen LogP contribution in [-0.4, -0.2) is 4.98 Å². The molecule has 0 aliphatic heterocycles. The van der Waals surface area contributed by atoms with E-state index in [1.54, 1.807) is 12.1 Å². The van der Waals surface area contributed by atoms with Crippen molar-refractivity contribution in [3.05, 3.63) is 42.5 Å². The Labute approximate surface area is 68.7 Å². The fraction of sp³-hybridized carbons (Fsp3) is 0. The average molecular weight is 162 g/mol. The zero-order valence-electron chi connectivity index (χ0n) is 6.12. The quantitative estimate of drug-likeness (QED) is 0.642. The van der Waals surface area contributed by atoms with Gasteiger partial charge in [0.25, 0.3) is 0 Å². The van der Waals surface area contributed by atoms with Gasteiger partial charge in [-0.25, -0.2) is 9.37 Å². The molecule has 12 heavy (non-hydrogen) atoms. The molecular formula is C9H5FNO. The zero-order valence-corrected chi connectivity index (χ0v) is 6.12. The van der Waals surface area contributed by atoms with Crippen LogP contribution in [0.5, 0.6) is 0 Å². The molecule has 2 aromatic rings. The summed E-state index contributed by atoms with van der Waals surface area (Å²) in [5.74, 6) is 0.185. The van der Waals surface area contributed by atoms with E-state index in [2.05, 4.69) is 11.2 Å². The Bertz CT molecular complexity index is 353. The van der Waals surface area contributed by atoms with Crippen LogP contribution in [0.3, 0.4) is 0 Å². The van der Waals surface area contributed by atoms with Crippen LogP contribution in [0.2, 0.25) is 0 Å². The van der Waals surface area contributed by atoms with Gasteiger partial charge in [-0.1, -0.05) is 0 Å². The SMILES string of the molecule is Fc1ccc(-c2n[c]co2)cc1. The minimum Gasteiger partial charge on any atom is -0.444 e. The molecule has 3 heteroatoms. The summed E-state index contributed by atoms with van der Waals surface area (Å²) < 4.78 is 17.4.